The highest BCUT2D eigenvalue weighted by molar-refractivity contribution is 7.91. The SMILES string of the molecule is CCCC(C)C(=O)C1CCS(=O)(=O)C1. The third-order valence-corrected chi connectivity index (χ3v) is 4.61. The number of ketones is 1. The number of carbonyl (C=O) groups is 1. The van der Waals surface area contributed by atoms with Crippen LogP contribution in [-0.4, -0.2) is 25.7 Å². The van der Waals surface area contributed by atoms with Gasteiger partial charge in [0.15, 0.2) is 9.84 Å². The monoisotopic (exact) mass is 218 g/mol. The van der Waals surface area contributed by atoms with E-state index in [0.29, 0.717) is 6.42 Å². The molecule has 0 aromatic rings. The highest BCUT2D eigenvalue weighted by Gasteiger charge is 2.34. The molecule has 0 amide bonds. The lowest BCUT2D eigenvalue weighted by molar-refractivity contribution is -0.125. The van der Waals surface area contributed by atoms with Crippen molar-refractivity contribution in [1.29, 1.82) is 0 Å². The summed E-state index contributed by atoms with van der Waals surface area (Å²) in [5.74, 6) is 0.232. The lowest BCUT2D eigenvalue weighted by Crippen LogP contribution is -2.22. The zero-order valence-corrected chi connectivity index (χ0v) is 9.64. The summed E-state index contributed by atoms with van der Waals surface area (Å²) < 4.78 is 22.3. The molecule has 14 heavy (non-hydrogen) atoms. The minimum absolute atomic E-state index is 0.0262. The van der Waals surface area contributed by atoms with Gasteiger partial charge in [0.1, 0.15) is 5.78 Å². The molecule has 0 spiro atoms. The third-order valence-electron chi connectivity index (χ3n) is 2.84. The van der Waals surface area contributed by atoms with Crippen molar-refractivity contribution >= 4 is 15.6 Å². The van der Waals surface area contributed by atoms with E-state index in [9.17, 15) is 13.2 Å². The summed E-state index contributed by atoms with van der Waals surface area (Å²) in [6.07, 6.45) is 2.39. The second-order valence-corrected chi connectivity index (χ2v) is 6.42. The molecule has 0 bridgehead atoms. The molecule has 0 saturated carbocycles. The van der Waals surface area contributed by atoms with E-state index >= 15 is 0 Å². The van der Waals surface area contributed by atoms with Gasteiger partial charge in [0.25, 0.3) is 0 Å². The minimum atomic E-state index is -2.91. The summed E-state index contributed by atoms with van der Waals surface area (Å²) in [5.41, 5.74) is 0. The number of rotatable bonds is 4. The van der Waals surface area contributed by atoms with Gasteiger partial charge in [0, 0.05) is 11.8 Å². The van der Waals surface area contributed by atoms with Crippen LogP contribution < -0.4 is 0 Å². The summed E-state index contributed by atoms with van der Waals surface area (Å²) in [7, 11) is -2.91. The van der Waals surface area contributed by atoms with Gasteiger partial charge in [-0.1, -0.05) is 20.3 Å². The van der Waals surface area contributed by atoms with Crippen molar-refractivity contribution in [1.82, 2.24) is 0 Å². The maximum absolute atomic E-state index is 11.8. The van der Waals surface area contributed by atoms with Crippen molar-refractivity contribution in [2.45, 2.75) is 33.1 Å². The van der Waals surface area contributed by atoms with Crippen molar-refractivity contribution in [3.8, 4) is 0 Å². The van der Waals surface area contributed by atoms with E-state index in [2.05, 4.69) is 0 Å². The first-order valence-corrected chi connectivity index (χ1v) is 7.02. The summed E-state index contributed by atoms with van der Waals surface area (Å²) >= 11 is 0. The standard InChI is InChI=1S/C10H18O3S/c1-3-4-8(2)10(11)9-5-6-14(12,13)7-9/h8-9H,3-7H2,1-2H3. The van der Waals surface area contributed by atoms with E-state index in [0.717, 1.165) is 12.8 Å². The van der Waals surface area contributed by atoms with Crippen LogP contribution in [0.1, 0.15) is 33.1 Å². The predicted molar refractivity (Wildman–Crippen MR) is 55.8 cm³/mol. The van der Waals surface area contributed by atoms with Crippen molar-refractivity contribution in [2.75, 3.05) is 11.5 Å². The van der Waals surface area contributed by atoms with Crippen LogP contribution in [0.15, 0.2) is 0 Å². The zero-order chi connectivity index (χ0) is 10.8. The quantitative estimate of drug-likeness (QED) is 0.717. The van der Waals surface area contributed by atoms with Crippen LogP contribution in [0, 0.1) is 11.8 Å². The fraction of sp³-hybridized carbons (Fsp3) is 0.900. The molecule has 1 rings (SSSR count). The van der Waals surface area contributed by atoms with Gasteiger partial charge in [-0.3, -0.25) is 4.79 Å². The molecule has 82 valence electrons. The molecule has 0 N–H and O–H groups in total. The number of Topliss-reactive ketones (excluding diaryl/α,β-unsaturated/α-hetero) is 1. The van der Waals surface area contributed by atoms with Crippen molar-refractivity contribution in [3.05, 3.63) is 0 Å². The molecule has 0 aliphatic carbocycles. The molecule has 2 atom stereocenters. The van der Waals surface area contributed by atoms with Crippen molar-refractivity contribution in [3.63, 3.8) is 0 Å². The summed E-state index contributed by atoms with van der Waals surface area (Å²) in [5, 5.41) is 0. The second kappa shape index (κ2) is 4.43. The van der Waals surface area contributed by atoms with E-state index < -0.39 is 9.84 Å². The molecular weight excluding hydrogens is 200 g/mol. The lowest BCUT2D eigenvalue weighted by Gasteiger charge is -2.12. The van der Waals surface area contributed by atoms with E-state index in [-0.39, 0.29) is 29.1 Å². The molecule has 0 aromatic carbocycles. The third kappa shape index (κ3) is 2.80. The molecule has 0 aromatic heterocycles. The van der Waals surface area contributed by atoms with Crippen LogP contribution in [0.5, 0.6) is 0 Å². The topological polar surface area (TPSA) is 51.2 Å². The van der Waals surface area contributed by atoms with E-state index in [1.165, 1.54) is 0 Å². The summed E-state index contributed by atoms with van der Waals surface area (Å²) in [4.78, 5) is 11.8. The van der Waals surface area contributed by atoms with Gasteiger partial charge in [0.2, 0.25) is 0 Å². The average Bonchev–Trinajstić information content (AvgIpc) is 2.45. The average molecular weight is 218 g/mol. The molecular formula is C10H18O3S. The molecule has 1 aliphatic heterocycles. The number of hydrogen-bond acceptors (Lipinski definition) is 3. The van der Waals surface area contributed by atoms with Gasteiger partial charge in [-0.05, 0) is 12.8 Å². The Kier molecular flexibility index (Phi) is 3.70. The van der Waals surface area contributed by atoms with E-state index in [4.69, 9.17) is 0 Å². The van der Waals surface area contributed by atoms with Gasteiger partial charge < -0.3 is 0 Å². The van der Waals surface area contributed by atoms with E-state index in [1.54, 1.807) is 0 Å². The molecule has 0 radical (unpaired) electrons. The maximum atomic E-state index is 11.8. The Balaban J connectivity index is 2.55. The van der Waals surface area contributed by atoms with Crippen LogP contribution in [0.4, 0.5) is 0 Å². The van der Waals surface area contributed by atoms with Crippen LogP contribution in [0.25, 0.3) is 0 Å². The van der Waals surface area contributed by atoms with Gasteiger partial charge in [-0.25, -0.2) is 8.42 Å². The zero-order valence-electron chi connectivity index (χ0n) is 8.82. The summed E-state index contributed by atoms with van der Waals surface area (Å²) in [6.45, 7) is 3.94. The predicted octanol–water partition coefficient (Wildman–Crippen LogP) is 1.43. The van der Waals surface area contributed by atoms with Gasteiger partial charge in [-0.2, -0.15) is 0 Å². The fourth-order valence-electron chi connectivity index (χ4n) is 2.00. The second-order valence-electron chi connectivity index (χ2n) is 4.19. The number of sulfone groups is 1. The molecule has 1 heterocycles. The first kappa shape index (κ1) is 11.7. The Morgan fingerprint density at radius 3 is 2.57 bits per heavy atom. The normalized spacial score (nSPS) is 27.4. The highest BCUT2D eigenvalue weighted by Crippen LogP contribution is 2.23. The van der Waals surface area contributed by atoms with Gasteiger partial charge in [-0.15, -0.1) is 0 Å². The Labute approximate surface area is 85.8 Å². The fourth-order valence-corrected chi connectivity index (χ4v) is 3.75. The van der Waals surface area contributed by atoms with Gasteiger partial charge >= 0.3 is 0 Å². The Morgan fingerprint density at radius 1 is 1.50 bits per heavy atom. The van der Waals surface area contributed by atoms with Gasteiger partial charge in [0.05, 0.1) is 11.5 Å². The Hall–Kier alpha value is -0.380. The molecule has 3 nitrogen and oxygen atoms in total. The number of carbonyl (C=O) groups excluding carboxylic acids is 1. The van der Waals surface area contributed by atoms with Crippen LogP contribution in [0.3, 0.4) is 0 Å². The molecule has 1 saturated heterocycles. The van der Waals surface area contributed by atoms with Crippen molar-refractivity contribution < 1.29 is 13.2 Å². The molecule has 1 fully saturated rings. The van der Waals surface area contributed by atoms with Crippen LogP contribution >= 0.6 is 0 Å². The molecule has 1 aliphatic rings. The molecule has 4 heteroatoms. The first-order chi connectivity index (χ1) is 6.46. The van der Waals surface area contributed by atoms with Crippen LogP contribution in [-0.2, 0) is 14.6 Å². The smallest absolute Gasteiger partial charge is 0.151 e. The lowest BCUT2D eigenvalue weighted by atomic mass is 9.91. The maximum Gasteiger partial charge on any atom is 0.151 e. The number of hydrogen-bond donors (Lipinski definition) is 0. The minimum Gasteiger partial charge on any atom is -0.299 e. The van der Waals surface area contributed by atoms with E-state index in [1.807, 2.05) is 13.8 Å². The van der Waals surface area contributed by atoms with Crippen molar-refractivity contribution in [2.24, 2.45) is 11.8 Å². The van der Waals surface area contributed by atoms with Crippen LogP contribution in [0.2, 0.25) is 0 Å². The Bertz CT molecular complexity index is 305. The largest absolute Gasteiger partial charge is 0.299 e. The summed E-state index contributed by atoms with van der Waals surface area (Å²) in [6, 6.07) is 0. The highest BCUT2D eigenvalue weighted by atomic mass is 32.2. The Morgan fingerprint density at radius 2 is 2.14 bits per heavy atom. The molecule has 2 unspecified atom stereocenters. The first-order valence-electron chi connectivity index (χ1n) is 5.20.